The Hall–Kier alpha value is -2.57. The van der Waals surface area contributed by atoms with Crippen LogP contribution in [0.5, 0.6) is 0 Å². The molecule has 5 nitrogen and oxygen atoms in total. The second-order valence-electron chi connectivity index (χ2n) is 6.46. The van der Waals surface area contributed by atoms with Crippen molar-refractivity contribution in [3.05, 3.63) is 69.0 Å². The highest BCUT2D eigenvalue weighted by atomic mass is 35.5. The summed E-state index contributed by atoms with van der Waals surface area (Å²) in [4.78, 5) is 18.3. The Balaban J connectivity index is 1.78. The van der Waals surface area contributed by atoms with E-state index in [0.29, 0.717) is 15.8 Å². The molecular weight excluding hydrogens is 380 g/mol. The summed E-state index contributed by atoms with van der Waals surface area (Å²) in [5.41, 5.74) is 5.11. The Morgan fingerprint density at radius 2 is 1.89 bits per heavy atom. The van der Waals surface area contributed by atoms with E-state index in [1.54, 1.807) is 11.0 Å². The number of aliphatic imine (C=N–C) groups is 1. The molecule has 27 heavy (non-hydrogen) atoms. The number of aryl methyl sites for hydroxylation is 1. The molecule has 0 saturated carbocycles. The van der Waals surface area contributed by atoms with Gasteiger partial charge in [0.05, 0.1) is 5.57 Å². The van der Waals surface area contributed by atoms with Gasteiger partial charge in [-0.05, 0) is 68.2 Å². The van der Waals surface area contributed by atoms with E-state index >= 15 is 0 Å². The topological polar surface area (TPSA) is 61.5 Å². The minimum absolute atomic E-state index is 0.167. The third kappa shape index (κ3) is 2.95. The number of nitrogens with one attached hydrogen (secondary N) is 1. The Bertz CT molecular complexity index is 1080. The number of fused-ring (bicyclic) bond motifs is 1. The van der Waals surface area contributed by atoms with Crippen molar-refractivity contribution < 1.29 is 4.79 Å². The zero-order valence-corrected chi connectivity index (χ0v) is 16.6. The smallest absolute Gasteiger partial charge is 0.283 e. The molecule has 2 aromatic rings. The molecule has 2 aliphatic rings. The standard InChI is InChI=1S/C20H17ClN4OS/c1-11-8-14(13(3)24(11)16-6-4-15(21)5-7-16)9-17-18(22)25-12(2)10-27-20(25)23-19(17)26/h4-10,22H,1-3H3/b17-9-,22-18?. The van der Waals surface area contributed by atoms with E-state index in [-0.39, 0.29) is 11.7 Å². The highest BCUT2D eigenvalue weighted by Gasteiger charge is 2.34. The number of hydrogen-bond acceptors (Lipinski definition) is 3. The third-order valence-electron chi connectivity index (χ3n) is 4.64. The third-order valence-corrected chi connectivity index (χ3v) is 5.84. The molecule has 1 aromatic carbocycles. The number of thioether (sulfide) groups is 1. The van der Waals surface area contributed by atoms with Gasteiger partial charge in [0.15, 0.2) is 5.17 Å². The van der Waals surface area contributed by atoms with Gasteiger partial charge in [-0.3, -0.25) is 15.1 Å². The van der Waals surface area contributed by atoms with E-state index in [4.69, 9.17) is 17.0 Å². The van der Waals surface area contributed by atoms with Crippen LogP contribution in [0.4, 0.5) is 0 Å². The summed E-state index contributed by atoms with van der Waals surface area (Å²) >= 11 is 7.37. The number of carbonyl (C=O) groups is 1. The predicted molar refractivity (Wildman–Crippen MR) is 112 cm³/mol. The van der Waals surface area contributed by atoms with E-state index in [0.717, 1.165) is 28.3 Å². The first-order valence-corrected chi connectivity index (χ1v) is 9.64. The normalized spacial score (nSPS) is 18.1. The van der Waals surface area contributed by atoms with Crippen LogP contribution in [0.2, 0.25) is 5.02 Å². The summed E-state index contributed by atoms with van der Waals surface area (Å²) in [6.45, 7) is 5.91. The lowest BCUT2D eigenvalue weighted by molar-refractivity contribution is -0.114. The molecule has 0 aliphatic carbocycles. The fourth-order valence-corrected chi connectivity index (χ4v) is 4.30. The molecule has 0 fully saturated rings. The number of hydrogen-bond donors (Lipinski definition) is 1. The first-order valence-electron chi connectivity index (χ1n) is 8.39. The largest absolute Gasteiger partial charge is 0.318 e. The van der Waals surface area contributed by atoms with Crippen molar-refractivity contribution in [3.63, 3.8) is 0 Å². The average Bonchev–Trinajstić information content (AvgIpc) is 3.12. The van der Waals surface area contributed by atoms with Crippen LogP contribution in [0.25, 0.3) is 11.8 Å². The molecule has 0 spiro atoms. The van der Waals surface area contributed by atoms with Crippen molar-refractivity contribution in [3.8, 4) is 5.69 Å². The first kappa shape index (κ1) is 17.8. The van der Waals surface area contributed by atoms with Gasteiger partial charge < -0.3 is 4.57 Å². The van der Waals surface area contributed by atoms with Crippen molar-refractivity contribution in [2.24, 2.45) is 4.99 Å². The van der Waals surface area contributed by atoms with Crippen LogP contribution in [-0.4, -0.2) is 26.4 Å². The van der Waals surface area contributed by atoms with Gasteiger partial charge in [-0.25, -0.2) is 0 Å². The maximum absolute atomic E-state index is 12.5. The monoisotopic (exact) mass is 396 g/mol. The molecule has 0 radical (unpaired) electrons. The van der Waals surface area contributed by atoms with Gasteiger partial charge in [0, 0.05) is 27.8 Å². The molecule has 4 rings (SSSR count). The van der Waals surface area contributed by atoms with Crippen LogP contribution in [-0.2, 0) is 4.79 Å². The Kier molecular flexibility index (Phi) is 4.32. The average molecular weight is 397 g/mol. The number of halogens is 1. The fraction of sp³-hybridized carbons (Fsp3) is 0.150. The molecule has 2 aliphatic heterocycles. The minimum atomic E-state index is -0.377. The van der Waals surface area contributed by atoms with E-state index < -0.39 is 0 Å². The maximum Gasteiger partial charge on any atom is 0.283 e. The van der Waals surface area contributed by atoms with E-state index in [9.17, 15) is 4.79 Å². The van der Waals surface area contributed by atoms with Gasteiger partial charge in [-0.1, -0.05) is 23.4 Å². The summed E-state index contributed by atoms with van der Waals surface area (Å²) in [5.74, 6) is -0.210. The number of amidine groups is 2. The van der Waals surface area contributed by atoms with Crippen LogP contribution in [0, 0.1) is 19.3 Å². The number of carbonyl (C=O) groups excluding carboxylic acids is 1. The highest BCUT2D eigenvalue weighted by molar-refractivity contribution is 8.16. The summed E-state index contributed by atoms with van der Waals surface area (Å²) in [6.07, 6.45) is 1.76. The molecule has 7 heteroatoms. The summed E-state index contributed by atoms with van der Waals surface area (Å²) in [6, 6.07) is 9.63. The van der Waals surface area contributed by atoms with Gasteiger partial charge in [-0.2, -0.15) is 4.99 Å². The van der Waals surface area contributed by atoms with Crippen molar-refractivity contribution in [2.75, 3.05) is 0 Å². The SMILES string of the molecule is CC1=CSC2=NC(=O)/C(=C\c3cc(C)n(-c4ccc(Cl)cc4)c3C)C(=N)N12. The number of benzene rings is 1. The lowest BCUT2D eigenvalue weighted by Crippen LogP contribution is -2.37. The fourth-order valence-electron chi connectivity index (χ4n) is 3.32. The molecular formula is C20H17ClN4OS. The van der Waals surface area contributed by atoms with Gasteiger partial charge in [0.25, 0.3) is 5.91 Å². The van der Waals surface area contributed by atoms with E-state index in [2.05, 4.69) is 9.56 Å². The number of rotatable bonds is 2. The Morgan fingerprint density at radius 3 is 2.59 bits per heavy atom. The Morgan fingerprint density at radius 1 is 1.19 bits per heavy atom. The molecule has 3 heterocycles. The summed E-state index contributed by atoms with van der Waals surface area (Å²) < 4.78 is 2.10. The van der Waals surface area contributed by atoms with Crippen molar-refractivity contribution in [1.82, 2.24) is 9.47 Å². The molecule has 0 bridgehead atoms. The van der Waals surface area contributed by atoms with Crippen LogP contribution in [0.3, 0.4) is 0 Å². The van der Waals surface area contributed by atoms with Crippen molar-refractivity contribution in [1.29, 1.82) is 5.41 Å². The second-order valence-corrected chi connectivity index (χ2v) is 7.73. The van der Waals surface area contributed by atoms with Crippen molar-refractivity contribution in [2.45, 2.75) is 20.8 Å². The molecule has 0 unspecified atom stereocenters. The van der Waals surface area contributed by atoms with Crippen LogP contribution in [0.15, 0.2) is 52.0 Å². The van der Waals surface area contributed by atoms with Crippen LogP contribution in [0.1, 0.15) is 23.9 Å². The number of allylic oxidation sites excluding steroid dienone is 1. The number of amides is 1. The van der Waals surface area contributed by atoms with Crippen LogP contribution < -0.4 is 0 Å². The molecule has 136 valence electrons. The second kappa shape index (κ2) is 6.55. The quantitative estimate of drug-likeness (QED) is 0.733. The van der Waals surface area contributed by atoms with E-state index in [1.807, 2.05) is 56.5 Å². The first-order chi connectivity index (χ1) is 12.9. The Labute approximate surface area is 166 Å². The molecule has 1 aromatic heterocycles. The molecule has 0 saturated heterocycles. The van der Waals surface area contributed by atoms with Crippen molar-refractivity contribution >= 4 is 46.3 Å². The lowest BCUT2D eigenvalue weighted by Gasteiger charge is -2.25. The molecule has 0 atom stereocenters. The zero-order chi connectivity index (χ0) is 19.3. The minimum Gasteiger partial charge on any atom is -0.318 e. The summed E-state index contributed by atoms with van der Waals surface area (Å²) in [5, 5.41) is 11.6. The lowest BCUT2D eigenvalue weighted by atomic mass is 10.1. The molecule has 1 amide bonds. The van der Waals surface area contributed by atoms with Gasteiger partial charge >= 0.3 is 0 Å². The van der Waals surface area contributed by atoms with Gasteiger partial charge in [-0.15, -0.1) is 0 Å². The zero-order valence-electron chi connectivity index (χ0n) is 15.1. The number of nitrogens with zero attached hydrogens (tertiary/aromatic N) is 3. The highest BCUT2D eigenvalue weighted by Crippen LogP contribution is 2.32. The molecule has 1 N–H and O–H groups in total. The predicted octanol–water partition coefficient (Wildman–Crippen LogP) is 4.91. The van der Waals surface area contributed by atoms with Crippen LogP contribution >= 0.6 is 23.4 Å². The van der Waals surface area contributed by atoms with Gasteiger partial charge in [0.1, 0.15) is 5.84 Å². The summed E-state index contributed by atoms with van der Waals surface area (Å²) in [7, 11) is 0. The number of aromatic nitrogens is 1. The van der Waals surface area contributed by atoms with E-state index in [1.165, 1.54) is 11.8 Å². The maximum atomic E-state index is 12.5. The van der Waals surface area contributed by atoms with Gasteiger partial charge in [0.2, 0.25) is 0 Å².